The first-order valence-electron chi connectivity index (χ1n) is 7.65. The summed E-state index contributed by atoms with van der Waals surface area (Å²) in [4.78, 5) is 4.38. The zero-order valence-electron chi connectivity index (χ0n) is 13.2. The zero-order valence-corrected chi connectivity index (χ0v) is 13.2. The van der Waals surface area contributed by atoms with Gasteiger partial charge in [0.05, 0.1) is 5.69 Å². The lowest BCUT2D eigenvalue weighted by Gasteiger charge is -2.09. The molecule has 0 spiro atoms. The summed E-state index contributed by atoms with van der Waals surface area (Å²) in [5.74, 6) is 2.44. The van der Waals surface area contributed by atoms with Crippen molar-refractivity contribution >= 4 is 0 Å². The van der Waals surface area contributed by atoms with E-state index in [9.17, 15) is 0 Å². The minimum Gasteiger partial charge on any atom is -0.457 e. The van der Waals surface area contributed by atoms with Crippen LogP contribution in [0.1, 0.15) is 0 Å². The summed E-state index contributed by atoms with van der Waals surface area (Å²) in [5.41, 5.74) is 1.97. The third-order valence-electron chi connectivity index (χ3n) is 3.74. The van der Waals surface area contributed by atoms with Crippen LogP contribution in [0.15, 0.2) is 79.4 Å². The smallest absolute Gasteiger partial charge is 0.139 e. The molecule has 4 aromatic rings. The molecule has 5 heteroatoms. The van der Waals surface area contributed by atoms with E-state index in [0.717, 1.165) is 28.6 Å². The van der Waals surface area contributed by atoms with E-state index in [1.807, 2.05) is 78.6 Å². The van der Waals surface area contributed by atoms with E-state index in [1.165, 1.54) is 0 Å². The topological polar surface area (TPSA) is 44.9 Å². The first-order chi connectivity index (χ1) is 11.8. The van der Waals surface area contributed by atoms with Gasteiger partial charge in [-0.3, -0.25) is 0 Å². The Labute approximate surface area is 139 Å². The second kappa shape index (κ2) is 6.04. The fraction of sp³-hybridized carbons (Fsp3) is 0.0526. The van der Waals surface area contributed by atoms with Crippen molar-refractivity contribution in [3.05, 3.63) is 79.4 Å². The van der Waals surface area contributed by atoms with Crippen LogP contribution >= 0.6 is 0 Å². The molecule has 0 saturated carbocycles. The van der Waals surface area contributed by atoms with Gasteiger partial charge in [-0.15, -0.1) is 0 Å². The quantitative estimate of drug-likeness (QED) is 0.570. The van der Waals surface area contributed by atoms with Crippen LogP contribution in [0, 0.1) is 0 Å². The zero-order chi connectivity index (χ0) is 16.4. The SMILES string of the molecule is Cn1ccnc1-c1cccc(Oc2cccc(-n3cccn3)c2)c1. The molecule has 0 aliphatic carbocycles. The fourth-order valence-corrected chi connectivity index (χ4v) is 2.59. The minimum absolute atomic E-state index is 0.764. The normalized spacial score (nSPS) is 10.7. The number of imidazole rings is 1. The molecular formula is C19H16N4O. The highest BCUT2D eigenvalue weighted by atomic mass is 16.5. The number of ether oxygens (including phenoxy) is 1. The van der Waals surface area contributed by atoms with Gasteiger partial charge in [0.1, 0.15) is 17.3 Å². The van der Waals surface area contributed by atoms with Crippen molar-refractivity contribution in [2.75, 3.05) is 0 Å². The summed E-state index contributed by atoms with van der Waals surface area (Å²) in [6.45, 7) is 0. The third kappa shape index (κ3) is 2.79. The van der Waals surface area contributed by atoms with E-state index < -0.39 is 0 Å². The summed E-state index contributed by atoms with van der Waals surface area (Å²) >= 11 is 0. The van der Waals surface area contributed by atoms with Crippen molar-refractivity contribution < 1.29 is 4.74 Å². The van der Waals surface area contributed by atoms with E-state index >= 15 is 0 Å². The molecule has 0 aliphatic rings. The Balaban J connectivity index is 1.62. The maximum atomic E-state index is 6.02. The van der Waals surface area contributed by atoms with E-state index in [4.69, 9.17) is 4.74 Å². The largest absolute Gasteiger partial charge is 0.457 e. The molecule has 5 nitrogen and oxygen atoms in total. The molecule has 0 amide bonds. The summed E-state index contributed by atoms with van der Waals surface area (Å²) in [6, 6.07) is 17.6. The van der Waals surface area contributed by atoms with Gasteiger partial charge in [-0.05, 0) is 30.3 Å². The van der Waals surface area contributed by atoms with Crippen molar-refractivity contribution in [2.45, 2.75) is 0 Å². The van der Waals surface area contributed by atoms with Gasteiger partial charge in [-0.2, -0.15) is 5.10 Å². The predicted octanol–water partition coefficient (Wildman–Crippen LogP) is 4.07. The summed E-state index contributed by atoms with van der Waals surface area (Å²) < 4.78 is 9.80. The van der Waals surface area contributed by atoms with Gasteiger partial charge in [-0.1, -0.05) is 18.2 Å². The van der Waals surface area contributed by atoms with Gasteiger partial charge in [0.15, 0.2) is 0 Å². The van der Waals surface area contributed by atoms with Crippen molar-refractivity contribution in [3.63, 3.8) is 0 Å². The van der Waals surface area contributed by atoms with Crippen LogP contribution in [0.2, 0.25) is 0 Å². The number of aromatic nitrogens is 4. The Morgan fingerprint density at radius 3 is 2.46 bits per heavy atom. The second-order valence-corrected chi connectivity index (χ2v) is 5.44. The van der Waals surface area contributed by atoms with Crippen LogP contribution in [-0.4, -0.2) is 19.3 Å². The molecule has 2 heterocycles. The van der Waals surface area contributed by atoms with E-state index in [1.54, 1.807) is 17.1 Å². The molecule has 0 fully saturated rings. The minimum atomic E-state index is 0.764. The van der Waals surface area contributed by atoms with Crippen molar-refractivity contribution in [2.24, 2.45) is 7.05 Å². The molecule has 2 aromatic heterocycles. The Kier molecular flexibility index (Phi) is 3.59. The predicted molar refractivity (Wildman–Crippen MR) is 92.3 cm³/mol. The lowest BCUT2D eigenvalue weighted by Crippen LogP contribution is -1.95. The van der Waals surface area contributed by atoms with Crippen molar-refractivity contribution in [1.29, 1.82) is 0 Å². The molecule has 0 N–H and O–H groups in total. The highest BCUT2D eigenvalue weighted by Crippen LogP contribution is 2.27. The Bertz CT molecular complexity index is 957. The Morgan fingerprint density at radius 2 is 1.71 bits per heavy atom. The fourth-order valence-electron chi connectivity index (χ4n) is 2.59. The van der Waals surface area contributed by atoms with Crippen LogP contribution < -0.4 is 4.74 Å². The van der Waals surface area contributed by atoms with E-state index in [2.05, 4.69) is 10.1 Å². The maximum absolute atomic E-state index is 6.02. The molecule has 24 heavy (non-hydrogen) atoms. The van der Waals surface area contributed by atoms with Crippen LogP contribution in [0.4, 0.5) is 0 Å². The highest BCUT2D eigenvalue weighted by molar-refractivity contribution is 5.58. The van der Waals surface area contributed by atoms with E-state index in [0.29, 0.717) is 0 Å². The lowest BCUT2D eigenvalue weighted by molar-refractivity contribution is 0.482. The maximum Gasteiger partial charge on any atom is 0.139 e. The molecular weight excluding hydrogens is 300 g/mol. The number of hydrogen-bond acceptors (Lipinski definition) is 3. The lowest BCUT2D eigenvalue weighted by atomic mass is 10.2. The summed E-state index contributed by atoms with van der Waals surface area (Å²) in [5, 5.41) is 4.24. The number of nitrogens with zero attached hydrogens (tertiary/aromatic N) is 4. The van der Waals surface area contributed by atoms with Crippen LogP contribution in [0.25, 0.3) is 17.1 Å². The van der Waals surface area contributed by atoms with Crippen LogP contribution in [0.5, 0.6) is 11.5 Å². The second-order valence-electron chi connectivity index (χ2n) is 5.44. The standard InChI is InChI=1S/C19H16N4O/c1-22-12-10-20-19(22)15-5-2-7-17(13-15)24-18-8-3-6-16(14-18)23-11-4-9-21-23/h2-14H,1H3. The van der Waals surface area contributed by atoms with Crippen molar-refractivity contribution in [1.82, 2.24) is 19.3 Å². The highest BCUT2D eigenvalue weighted by Gasteiger charge is 2.06. The average Bonchev–Trinajstić information content (AvgIpc) is 3.27. The number of rotatable bonds is 4. The molecule has 0 saturated heterocycles. The first kappa shape index (κ1) is 14.3. The van der Waals surface area contributed by atoms with E-state index in [-0.39, 0.29) is 0 Å². The van der Waals surface area contributed by atoms with Crippen molar-refractivity contribution in [3.8, 4) is 28.6 Å². The van der Waals surface area contributed by atoms with Gasteiger partial charge < -0.3 is 9.30 Å². The summed E-state index contributed by atoms with van der Waals surface area (Å²) in [6.07, 6.45) is 7.37. The van der Waals surface area contributed by atoms with Crippen LogP contribution in [0.3, 0.4) is 0 Å². The number of benzene rings is 2. The molecule has 0 radical (unpaired) electrons. The molecule has 2 aromatic carbocycles. The molecule has 4 rings (SSSR count). The third-order valence-corrected chi connectivity index (χ3v) is 3.74. The average molecular weight is 316 g/mol. The van der Waals surface area contributed by atoms with Gasteiger partial charge in [0, 0.05) is 43.5 Å². The molecule has 0 unspecified atom stereocenters. The van der Waals surface area contributed by atoms with Gasteiger partial charge >= 0.3 is 0 Å². The Hall–Kier alpha value is -3.34. The van der Waals surface area contributed by atoms with Crippen LogP contribution in [-0.2, 0) is 7.05 Å². The molecule has 0 aliphatic heterocycles. The van der Waals surface area contributed by atoms with Gasteiger partial charge in [0.2, 0.25) is 0 Å². The van der Waals surface area contributed by atoms with Gasteiger partial charge in [-0.25, -0.2) is 9.67 Å². The molecule has 118 valence electrons. The molecule has 0 atom stereocenters. The van der Waals surface area contributed by atoms with Gasteiger partial charge in [0.25, 0.3) is 0 Å². The number of hydrogen-bond donors (Lipinski definition) is 0. The Morgan fingerprint density at radius 1 is 0.875 bits per heavy atom. The first-order valence-corrected chi connectivity index (χ1v) is 7.65. The molecule has 0 bridgehead atoms. The monoisotopic (exact) mass is 316 g/mol. The summed E-state index contributed by atoms with van der Waals surface area (Å²) in [7, 11) is 1.98. The number of aryl methyl sites for hydroxylation is 1.